The van der Waals surface area contributed by atoms with Crippen molar-refractivity contribution in [1.82, 2.24) is 10.2 Å². The molecule has 4 amide bonds. The van der Waals surface area contributed by atoms with Crippen LogP contribution in [0.2, 0.25) is 0 Å². The number of barbiturate groups is 1. The summed E-state index contributed by atoms with van der Waals surface area (Å²) in [6.45, 7) is 6.35. The van der Waals surface area contributed by atoms with Gasteiger partial charge in [0.1, 0.15) is 5.92 Å². The normalized spacial score (nSPS) is 21.1. The standard InChI is InChI=1S/C12H20N2O3/c1-4-5-9-10(15)13-12(17)14(11(9)16)7-6-8(2)3/h8-9H,4-7H2,1-3H3,(H,13,15,17). The Morgan fingerprint density at radius 3 is 2.47 bits per heavy atom. The van der Waals surface area contributed by atoms with Gasteiger partial charge in [-0.25, -0.2) is 4.79 Å². The van der Waals surface area contributed by atoms with Crippen LogP contribution in [-0.4, -0.2) is 29.3 Å². The second-order valence-electron chi connectivity index (χ2n) is 4.81. The number of nitrogens with zero attached hydrogens (tertiary/aromatic N) is 1. The van der Waals surface area contributed by atoms with Crippen molar-refractivity contribution in [2.75, 3.05) is 6.54 Å². The first-order valence-corrected chi connectivity index (χ1v) is 6.13. The Bertz CT molecular complexity index is 326. The lowest BCUT2D eigenvalue weighted by Crippen LogP contribution is -2.58. The minimum atomic E-state index is -0.690. The Balaban J connectivity index is 2.72. The molecule has 0 radical (unpaired) electrons. The molecule has 5 nitrogen and oxygen atoms in total. The van der Waals surface area contributed by atoms with E-state index in [-0.39, 0.29) is 5.91 Å². The van der Waals surface area contributed by atoms with Crippen LogP contribution in [-0.2, 0) is 9.59 Å². The van der Waals surface area contributed by atoms with Gasteiger partial charge in [0, 0.05) is 6.54 Å². The average Bonchev–Trinajstić information content (AvgIpc) is 2.23. The third kappa shape index (κ3) is 3.28. The monoisotopic (exact) mass is 240 g/mol. The van der Waals surface area contributed by atoms with Gasteiger partial charge in [-0.1, -0.05) is 27.2 Å². The van der Waals surface area contributed by atoms with Gasteiger partial charge < -0.3 is 0 Å². The summed E-state index contributed by atoms with van der Waals surface area (Å²) in [5.74, 6) is -1.08. The van der Waals surface area contributed by atoms with E-state index in [1.165, 1.54) is 4.90 Å². The van der Waals surface area contributed by atoms with Crippen LogP contribution >= 0.6 is 0 Å². The van der Waals surface area contributed by atoms with E-state index >= 15 is 0 Å². The maximum atomic E-state index is 12.0. The molecule has 17 heavy (non-hydrogen) atoms. The highest BCUT2D eigenvalue weighted by Gasteiger charge is 2.39. The maximum absolute atomic E-state index is 12.0. The van der Waals surface area contributed by atoms with Crippen LogP contribution in [0.1, 0.15) is 40.0 Å². The predicted molar refractivity (Wildman–Crippen MR) is 63.1 cm³/mol. The van der Waals surface area contributed by atoms with Crippen LogP contribution < -0.4 is 5.32 Å². The molecule has 1 heterocycles. The van der Waals surface area contributed by atoms with E-state index in [0.29, 0.717) is 18.9 Å². The quantitative estimate of drug-likeness (QED) is 0.741. The molecule has 0 aromatic carbocycles. The molecule has 96 valence electrons. The largest absolute Gasteiger partial charge is 0.330 e. The number of nitrogens with one attached hydrogen (secondary N) is 1. The first-order chi connectivity index (χ1) is 7.97. The van der Waals surface area contributed by atoms with E-state index in [4.69, 9.17) is 0 Å². The molecular weight excluding hydrogens is 220 g/mol. The molecule has 0 aromatic rings. The van der Waals surface area contributed by atoms with Gasteiger partial charge in [0.25, 0.3) is 0 Å². The second kappa shape index (κ2) is 5.80. The van der Waals surface area contributed by atoms with Crippen molar-refractivity contribution in [3.8, 4) is 0 Å². The zero-order chi connectivity index (χ0) is 13.0. The van der Waals surface area contributed by atoms with Gasteiger partial charge in [0.2, 0.25) is 11.8 Å². The number of hydrogen-bond acceptors (Lipinski definition) is 3. The van der Waals surface area contributed by atoms with Crippen molar-refractivity contribution >= 4 is 17.8 Å². The molecule has 0 spiro atoms. The Hall–Kier alpha value is -1.39. The van der Waals surface area contributed by atoms with E-state index in [1.807, 2.05) is 20.8 Å². The average molecular weight is 240 g/mol. The smallest absolute Gasteiger partial charge is 0.277 e. The SMILES string of the molecule is CCCC1C(=O)NC(=O)N(CCC(C)C)C1=O. The molecule has 1 atom stereocenters. The van der Waals surface area contributed by atoms with Crippen molar-refractivity contribution in [3.05, 3.63) is 0 Å². The van der Waals surface area contributed by atoms with E-state index in [2.05, 4.69) is 5.32 Å². The van der Waals surface area contributed by atoms with Crippen molar-refractivity contribution in [3.63, 3.8) is 0 Å². The molecule has 1 aliphatic rings. The Labute approximate surface area is 102 Å². The number of hydrogen-bond donors (Lipinski definition) is 1. The lowest BCUT2D eigenvalue weighted by atomic mass is 9.99. The van der Waals surface area contributed by atoms with Gasteiger partial charge >= 0.3 is 6.03 Å². The molecule has 1 saturated heterocycles. The fourth-order valence-corrected chi connectivity index (χ4v) is 1.80. The van der Waals surface area contributed by atoms with E-state index in [0.717, 1.165) is 12.8 Å². The lowest BCUT2D eigenvalue weighted by molar-refractivity contribution is -0.142. The number of urea groups is 1. The van der Waals surface area contributed by atoms with E-state index < -0.39 is 17.9 Å². The molecule has 0 aromatic heterocycles. The van der Waals surface area contributed by atoms with Crippen LogP contribution in [0.4, 0.5) is 4.79 Å². The molecule has 0 aliphatic carbocycles. The fraction of sp³-hybridized carbons (Fsp3) is 0.750. The van der Waals surface area contributed by atoms with Crippen molar-refractivity contribution in [2.45, 2.75) is 40.0 Å². The van der Waals surface area contributed by atoms with Gasteiger partial charge in [-0.15, -0.1) is 0 Å². The van der Waals surface area contributed by atoms with Gasteiger partial charge in [-0.05, 0) is 18.8 Å². The van der Waals surface area contributed by atoms with Gasteiger partial charge in [0.15, 0.2) is 0 Å². The molecule has 1 rings (SSSR count). The second-order valence-corrected chi connectivity index (χ2v) is 4.81. The van der Waals surface area contributed by atoms with Gasteiger partial charge in [-0.3, -0.25) is 19.8 Å². The topological polar surface area (TPSA) is 66.5 Å². The molecule has 5 heteroatoms. The Kier molecular flexibility index (Phi) is 4.66. The lowest BCUT2D eigenvalue weighted by Gasteiger charge is -2.30. The van der Waals surface area contributed by atoms with Gasteiger partial charge in [-0.2, -0.15) is 0 Å². The zero-order valence-corrected chi connectivity index (χ0v) is 10.7. The number of amides is 4. The third-order valence-corrected chi connectivity index (χ3v) is 2.86. The van der Waals surface area contributed by atoms with Crippen LogP contribution in [0.3, 0.4) is 0 Å². The van der Waals surface area contributed by atoms with Crippen LogP contribution in [0.15, 0.2) is 0 Å². The molecule has 1 aliphatic heterocycles. The molecular formula is C12H20N2O3. The molecule has 0 bridgehead atoms. The first-order valence-electron chi connectivity index (χ1n) is 6.13. The van der Waals surface area contributed by atoms with Crippen LogP contribution in [0.5, 0.6) is 0 Å². The predicted octanol–water partition coefficient (Wildman–Crippen LogP) is 1.53. The highest BCUT2D eigenvalue weighted by Crippen LogP contribution is 2.17. The highest BCUT2D eigenvalue weighted by atomic mass is 16.2. The summed E-state index contributed by atoms with van der Waals surface area (Å²) in [5, 5.41) is 2.25. The summed E-state index contributed by atoms with van der Waals surface area (Å²) in [4.78, 5) is 36.2. The minimum absolute atomic E-state index is 0.346. The number of imide groups is 2. The van der Waals surface area contributed by atoms with E-state index in [9.17, 15) is 14.4 Å². The maximum Gasteiger partial charge on any atom is 0.330 e. The molecule has 0 saturated carbocycles. The molecule has 1 unspecified atom stereocenters. The third-order valence-electron chi connectivity index (χ3n) is 2.86. The number of carbonyl (C=O) groups excluding carboxylic acids is 3. The number of rotatable bonds is 5. The van der Waals surface area contributed by atoms with Crippen LogP contribution in [0, 0.1) is 11.8 Å². The summed E-state index contributed by atoms with van der Waals surface area (Å²) in [6, 6.07) is -0.576. The molecule has 1 N–H and O–H groups in total. The van der Waals surface area contributed by atoms with Crippen molar-refractivity contribution < 1.29 is 14.4 Å². The summed E-state index contributed by atoms with van der Waals surface area (Å²) >= 11 is 0. The number of carbonyl (C=O) groups is 3. The van der Waals surface area contributed by atoms with Crippen molar-refractivity contribution in [2.24, 2.45) is 11.8 Å². The summed E-state index contributed by atoms with van der Waals surface area (Å²) in [6.07, 6.45) is 2.00. The van der Waals surface area contributed by atoms with Crippen molar-refractivity contribution in [1.29, 1.82) is 0 Å². The Morgan fingerprint density at radius 2 is 1.94 bits per heavy atom. The highest BCUT2D eigenvalue weighted by molar-refractivity contribution is 6.16. The first kappa shape index (κ1) is 13.7. The summed E-state index contributed by atoms with van der Waals surface area (Å²) in [5.41, 5.74) is 0. The minimum Gasteiger partial charge on any atom is -0.277 e. The Morgan fingerprint density at radius 1 is 1.29 bits per heavy atom. The summed E-state index contributed by atoms with van der Waals surface area (Å²) in [7, 11) is 0. The molecule has 1 fully saturated rings. The summed E-state index contributed by atoms with van der Waals surface area (Å²) < 4.78 is 0. The van der Waals surface area contributed by atoms with Crippen LogP contribution in [0.25, 0.3) is 0 Å². The van der Waals surface area contributed by atoms with E-state index in [1.54, 1.807) is 0 Å². The van der Waals surface area contributed by atoms with Gasteiger partial charge in [0.05, 0.1) is 0 Å². The fourth-order valence-electron chi connectivity index (χ4n) is 1.80. The zero-order valence-electron chi connectivity index (χ0n) is 10.7.